The highest BCUT2D eigenvalue weighted by molar-refractivity contribution is 8.26. The van der Waals surface area contributed by atoms with E-state index in [1.807, 2.05) is 78.9 Å². The Balaban J connectivity index is 1.22. The smallest absolute Gasteiger partial charge is 0.266 e. The summed E-state index contributed by atoms with van der Waals surface area (Å²) in [5.41, 5.74) is 2.97. The fraction of sp³-hybridized carbons (Fsp3) is 0.120. The fourth-order valence-corrected chi connectivity index (χ4v) is 4.67. The molecule has 32 heavy (non-hydrogen) atoms. The molecule has 0 atom stereocenters. The van der Waals surface area contributed by atoms with Gasteiger partial charge in [-0.3, -0.25) is 9.69 Å². The molecule has 5 nitrogen and oxygen atoms in total. The fourth-order valence-electron chi connectivity index (χ4n) is 3.41. The van der Waals surface area contributed by atoms with Gasteiger partial charge in [0.1, 0.15) is 16.7 Å². The summed E-state index contributed by atoms with van der Waals surface area (Å²) in [6.45, 7) is 1.16. The third-order valence-electron chi connectivity index (χ3n) is 5.08. The molecule has 1 amide bonds. The van der Waals surface area contributed by atoms with E-state index >= 15 is 0 Å². The Morgan fingerprint density at radius 1 is 0.969 bits per heavy atom. The summed E-state index contributed by atoms with van der Waals surface area (Å²) in [4.78, 5) is 15.1. The molecule has 2 aliphatic heterocycles. The Labute approximate surface area is 195 Å². The summed E-state index contributed by atoms with van der Waals surface area (Å²) < 4.78 is 17.2. The molecule has 0 saturated carbocycles. The second-order valence-corrected chi connectivity index (χ2v) is 8.97. The van der Waals surface area contributed by atoms with Gasteiger partial charge in [0.25, 0.3) is 5.91 Å². The van der Waals surface area contributed by atoms with E-state index in [-0.39, 0.29) is 12.7 Å². The van der Waals surface area contributed by atoms with Gasteiger partial charge in [0, 0.05) is 0 Å². The molecule has 3 aromatic rings. The van der Waals surface area contributed by atoms with Crippen molar-refractivity contribution >= 4 is 40.3 Å². The first-order chi connectivity index (χ1) is 15.7. The Hall–Kier alpha value is -3.29. The van der Waals surface area contributed by atoms with Gasteiger partial charge >= 0.3 is 0 Å². The van der Waals surface area contributed by atoms with Crippen LogP contribution in [0.3, 0.4) is 0 Å². The Kier molecular flexibility index (Phi) is 5.83. The molecular formula is C25H19NO4S2. The molecule has 160 valence electrons. The van der Waals surface area contributed by atoms with Gasteiger partial charge in [-0.25, -0.2) is 0 Å². The summed E-state index contributed by atoms with van der Waals surface area (Å²) in [5.74, 6) is 2.18. The van der Waals surface area contributed by atoms with Crippen molar-refractivity contribution in [3.05, 3.63) is 94.4 Å². The van der Waals surface area contributed by atoms with E-state index in [0.717, 1.165) is 33.9 Å². The summed E-state index contributed by atoms with van der Waals surface area (Å²) in [6, 6.07) is 23.3. The van der Waals surface area contributed by atoms with Crippen LogP contribution in [0.5, 0.6) is 17.2 Å². The molecule has 7 heteroatoms. The maximum Gasteiger partial charge on any atom is 0.266 e. The number of benzene rings is 3. The average molecular weight is 462 g/mol. The van der Waals surface area contributed by atoms with Crippen molar-refractivity contribution in [3.63, 3.8) is 0 Å². The molecule has 0 N–H and O–H groups in total. The van der Waals surface area contributed by atoms with Crippen LogP contribution in [0.4, 0.5) is 0 Å². The highest BCUT2D eigenvalue weighted by Crippen LogP contribution is 2.34. The predicted molar refractivity (Wildman–Crippen MR) is 128 cm³/mol. The minimum Gasteiger partial charge on any atom is -0.489 e. The van der Waals surface area contributed by atoms with E-state index in [0.29, 0.717) is 22.4 Å². The van der Waals surface area contributed by atoms with E-state index in [2.05, 4.69) is 0 Å². The van der Waals surface area contributed by atoms with Crippen LogP contribution in [0.2, 0.25) is 0 Å². The van der Waals surface area contributed by atoms with Gasteiger partial charge < -0.3 is 14.2 Å². The number of amides is 1. The first-order valence-electron chi connectivity index (χ1n) is 10.1. The van der Waals surface area contributed by atoms with Gasteiger partial charge in [-0.15, -0.1) is 0 Å². The van der Waals surface area contributed by atoms with Crippen molar-refractivity contribution in [2.75, 3.05) is 6.79 Å². The number of carbonyl (C=O) groups is 1. The number of ether oxygens (including phenoxy) is 3. The molecule has 0 spiro atoms. The lowest BCUT2D eigenvalue weighted by Crippen LogP contribution is -2.27. The minimum atomic E-state index is -0.0630. The second-order valence-electron chi connectivity index (χ2n) is 7.30. The van der Waals surface area contributed by atoms with Gasteiger partial charge in [-0.2, -0.15) is 0 Å². The van der Waals surface area contributed by atoms with Gasteiger partial charge in [-0.05, 0) is 47.0 Å². The van der Waals surface area contributed by atoms with E-state index in [1.165, 1.54) is 11.8 Å². The molecule has 0 aromatic heterocycles. The van der Waals surface area contributed by atoms with Crippen LogP contribution in [-0.4, -0.2) is 21.9 Å². The normalized spacial score (nSPS) is 16.1. The third kappa shape index (κ3) is 4.49. The number of rotatable bonds is 6. The minimum absolute atomic E-state index is 0.0630. The van der Waals surface area contributed by atoms with Gasteiger partial charge in [0.2, 0.25) is 6.79 Å². The first kappa shape index (κ1) is 20.6. The molecule has 5 rings (SSSR count). The van der Waals surface area contributed by atoms with Gasteiger partial charge in [-0.1, -0.05) is 72.5 Å². The van der Waals surface area contributed by atoms with E-state index in [4.69, 9.17) is 26.4 Å². The molecule has 3 aromatic carbocycles. The lowest BCUT2D eigenvalue weighted by molar-refractivity contribution is -0.122. The molecule has 2 heterocycles. The first-order valence-corrected chi connectivity index (χ1v) is 11.3. The molecule has 0 aliphatic carbocycles. The number of thioether (sulfide) groups is 1. The monoisotopic (exact) mass is 461 g/mol. The van der Waals surface area contributed by atoms with Crippen LogP contribution in [0.15, 0.2) is 77.7 Å². The number of carbonyl (C=O) groups excluding carboxylic acids is 1. The molecule has 2 aliphatic rings. The third-order valence-corrected chi connectivity index (χ3v) is 6.46. The number of nitrogens with zero attached hydrogens (tertiary/aromatic N) is 1. The van der Waals surface area contributed by atoms with Crippen molar-refractivity contribution in [3.8, 4) is 17.2 Å². The number of fused-ring (bicyclic) bond motifs is 1. The van der Waals surface area contributed by atoms with Crippen molar-refractivity contribution in [2.24, 2.45) is 0 Å². The van der Waals surface area contributed by atoms with E-state index in [9.17, 15) is 4.79 Å². The molecule has 0 bridgehead atoms. The second kappa shape index (κ2) is 9.06. The van der Waals surface area contributed by atoms with Crippen LogP contribution in [-0.2, 0) is 17.9 Å². The van der Waals surface area contributed by atoms with Crippen molar-refractivity contribution < 1.29 is 19.0 Å². The van der Waals surface area contributed by atoms with E-state index < -0.39 is 0 Å². The van der Waals surface area contributed by atoms with Crippen molar-refractivity contribution in [2.45, 2.75) is 13.2 Å². The van der Waals surface area contributed by atoms with Crippen LogP contribution < -0.4 is 14.2 Å². The number of hydrogen-bond donors (Lipinski definition) is 0. The maximum absolute atomic E-state index is 12.8. The zero-order valence-corrected chi connectivity index (χ0v) is 18.7. The zero-order valence-electron chi connectivity index (χ0n) is 17.0. The van der Waals surface area contributed by atoms with Crippen LogP contribution in [0.1, 0.15) is 16.7 Å². The number of thiocarbonyl (C=S) groups is 1. The standard InChI is InChI=1S/C25H19NO4S2/c27-24-23(32-25(31)26(24)14-18-4-2-1-3-5-18)13-17-6-9-20(10-7-17)28-15-19-8-11-21-22(12-19)30-16-29-21/h1-13H,14-16H2. The maximum atomic E-state index is 12.8. The SMILES string of the molecule is O=C1C(=Cc2ccc(OCc3ccc4c(c3)OCO4)cc2)SC(=S)N1Cc1ccccc1. The summed E-state index contributed by atoms with van der Waals surface area (Å²) in [7, 11) is 0. The highest BCUT2D eigenvalue weighted by atomic mass is 32.2. The van der Waals surface area contributed by atoms with Gasteiger partial charge in [0.05, 0.1) is 11.4 Å². The Morgan fingerprint density at radius 3 is 2.56 bits per heavy atom. The zero-order chi connectivity index (χ0) is 21.9. The molecule has 0 unspecified atom stereocenters. The van der Waals surface area contributed by atoms with Crippen molar-refractivity contribution in [1.82, 2.24) is 4.90 Å². The largest absolute Gasteiger partial charge is 0.489 e. The number of hydrogen-bond acceptors (Lipinski definition) is 6. The summed E-state index contributed by atoms with van der Waals surface area (Å²) in [6.07, 6.45) is 1.87. The van der Waals surface area contributed by atoms with Crippen LogP contribution in [0, 0.1) is 0 Å². The Bertz CT molecular complexity index is 1190. The quantitative estimate of drug-likeness (QED) is 0.362. The van der Waals surface area contributed by atoms with Crippen LogP contribution >= 0.6 is 24.0 Å². The summed E-state index contributed by atoms with van der Waals surface area (Å²) >= 11 is 6.76. The molecule has 0 radical (unpaired) electrons. The Morgan fingerprint density at radius 2 is 1.75 bits per heavy atom. The predicted octanol–water partition coefficient (Wildman–Crippen LogP) is 5.40. The highest BCUT2D eigenvalue weighted by Gasteiger charge is 2.31. The van der Waals surface area contributed by atoms with Gasteiger partial charge in [0.15, 0.2) is 11.5 Å². The molecule has 1 fully saturated rings. The van der Waals surface area contributed by atoms with Crippen LogP contribution in [0.25, 0.3) is 6.08 Å². The van der Waals surface area contributed by atoms with Crippen molar-refractivity contribution in [1.29, 1.82) is 0 Å². The average Bonchev–Trinajstić information content (AvgIpc) is 3.39. The van der Waals surface area contributed by atoms with E-state index in [1.54, 1.807) is 4.90 Å². The lowest BCUT2D eigenvalue weighted by atomic mass is 10.2. The molecule has 1 saturated heterocycles. The summed E-state index contributed by atoms with van der Waals surface area (Å²) in [5, 5.41) is 0. The molecular weight excluding hydrogens is 442 g/mol. The lowest BCUT2D eigenvalue weighted by Gasteiger charge is -2.14. The topological polar surface area (TPSA) is 48.0 Å².